The van der Waals surface area contributed by atoms with Gasteiger partial charge in [0.2, 0.25) is 5.91 Å². The summed E-state index contributed by atoms with van der Waals surface area (Å²) in [6.07, 6.45) is 1.14. The molecule has 0 atom stereocenters. The summed E-state index contributed by atoms with van der Waals surface area (Å²) in [5.41, 5.74) is 7.62. The molecule has 1 heterocycles. The third kappa shape index (κ3) is 3.09. The minimum atomic E-state index is -0.0484. The van der Waals surface area contributed by atoms with Crippen LogP contribution < -0.4 is 11.1 Å². The number of amidine groups is 1. The standard InChI is InChI=1S/C13H17N5O/c1-2-5-16-12(19)7-11-17-9-4-3-8(13(14)15)6-10(9)18-11/h3-4,6H,2,5,7H2,1H3,(H3,14,15)(H,16,19)(H,17,18). The Kier molecular flexibility index (Phi) is 3.79. The van der Waals surface area contributed by atoms with E-state index in [0.29, 0.717) is 17.9 Å². The maximum atomic E-state index is 11.6. The van der Waals surface area contributed by atoms with Crippen LogP contribution in [0.2, 0.25) is 0 Å². The maximum absolute atomic E-state index is 11.6. The zero-order chi connectivity index (χ0) is 13.8. The number of carbonyl (C=O) groups excluding carboxylic acids is 1. The third-order valence-corrected chi connectivity index (χ3v) is 2.74. The molecule has 1 aromatic heterocycles. The van der Waals surface area contributed by atoms with Crippen molar-refractivity contribution < 1.29 is 4.79 Å². The molecule has 0 radical (unpaired) electrons. The Hall–Kier alpha value is -2.37. The van der Waals surface area contributed by atoms with Crippen LogP contribution in [0.3, 0.4) is 0 Å². The molecule has 0 unspecified atom stereocenters. The predicted octanol–water partition coefficient (Wildman–Crippen LogP) is 0.916. The lowest BCUT2D eigenvalue weighted by molar-refractivity contribution is -0.120. The number of nitrogens with zero attached hydrogens (tertiary/aromatic N) is 1. The second kappa shape index (κ2) is 5.51. The zero-order valence-corrected chi connectivity index (χ0v) is 10.8. The molecule has 0 aliphatic carbocycles. The minimum absolute atomic E-state index is 0.0127. The topological polar surface area (TPSA) is 108 Å². The average molecular weight is 259 g/mol. The normalized spacial score (nSPS) is 10.6. The molecule has 0 bridgehead atoms. The highest BCUT2D eigenvalue weighted by Gasteiger charge is 2.08. The molecule has 5 N–H and O–H groups in total. The molecule has 19 heavy (non-hydrogen) atoms. The van der Waals surface area contributed by atoms with Gasteiger partial charge in [-0.3, -0.25) is 10.2 Å². The van der Waals surface area contributed by atoms with Crippen molar-refractivity contribution in [1.29, 1.82) is 5.41 Å². The number of fused-ring (bicyclic) bond motifs is 1. The van der Waals surface area contributed by atoms with Gasteiger partial charge in [0.15, 0.2) is 0 Å². The minimum Gasteiger partial charge on any atom is -0.384 e. The number of rotatable bonds is 5. The number of nitrogen functional groups attached to an aromatic ring is 1. The van der Waals surface area contributed by atoms with Crippen molar-refractivity contribution in [3.8, 4) is 0 Å². The first-order valence-corrected chi connectivity index (χ1v) is 6.20. The van der Waals surface area contributed by atoms with E-state index in [1.165, 1.54) is 0 Å². The van der Waals surface area contributed by atoms with Crippen molar-refractivity contribution in [2.75, 3.05) is 6.54 Å². The van der Waals surface area contributed by atoms with Crippen LogP contribution in [0, 0.1) is 5.41 Å². The SMILES string of the molecule is CCCNC(=O)Cc1nc2ccc(C(=N)N)cc2[nH]1. The molecule has 0 fully saturated rings. The molecule has 0 saturated heterocycles. The van der Waals surface area contributed by atoms with Crippen LogP contribution in [0.5, 0.6) is 0 Å². The van der Waals surface area contributed by atoms with E-state index in [1.807, 2.05) is 6.92 Å². The summed E-state index contributed by atoms with van der Waals surface area (Å²) < 4.78 is 0. The number of amides is 1. The lowest BCUT2D eigenvalue weighted by Crippen LogP contribution is -2.26. The van der Waals surface area contributed by atoms with Gasteiger partial charge in [0, 0.05) is 12.1 Å². The Morgan fingerprint density at radius 2 is 2.32 bits per heavy atom. The van der Waals surface area contributed by atoms with Gasteiger partial charge in [0.05, 0.1) is 17.5 Å². The number of aromatic nitrogens is 2. The van der Waals surface area contributed by atoms with Gasteiger partial charge in [-0.1, -0.05) is 6.92 Å². The second-order valence-corrected chi connectivity index (χ2v) is 4.36. The maximum Gasteiger partial charge on any atom is 0.227 e. The van der Waals surface area contributed by atoms with Crippen molar-refractivity contribution in [3.63, 3.8) is 0 Å². The van der Waals surface area contributed by atoms with E-state index in [9.17, 15) is 4.79 Å². The number of H-pyrrole nitrogens is 1. The molecule has 0 saturated carbocycles. The monoisotopic (exact) mass is 259 g/mol. The van der Waals surface area contributed by atoms with E-state index in [-0.39, 0.29) is 18.2 Å². The van der Waals surface area contributed by atoms with E-state index >= 15 is 0 Å². The van der Waals surface area contributed by atoms with Crippen molar-refractivity contribution >= 4 is 22.8 Å². The van der Waals surface area contributed by atoms with Gasteiger partial charge in [-0.2, -0.15) is 0 Å². The van der Waals surface area contributed by atoms with Crippen molar-refractivity contribution in [2.24, 2.45) is 5.73 Å². The number of imidazole rings is 1. The van der Waals surface area contributed by atoms with Crippen LogP contribution >= 0.6 is 0 Å². The molecular weight excluding hydrogens is 242 g/mol. The smallest absolute Gasteiger partial charge is 0.227 e. The summed E-state index contributed by atoms with van der Waals surface area (Å²) in [7, 11) is 0. The van der Waals surface area contributed by atoms with Gasteiger partial charge < -0.3 is 16.0 Å². The van der Waals surface area contributed by atoms with E-state index < -0.39 is 0 Å². The first-order valence-electron chi connectivity index (χ1n) is 6.20. The van der Waals surface area contributed by atoms with E-state index in [0.717, 1.165) is 17.5 Å². The van der Waals surface area contributed by atoms with Crippen LogP contribution in [0.1, 0.15) is 24.7 Å². The molecule has 6 nitrogen and oxygen atoms in total. The number of hydrogen-bond acceptors (Lipinski definition) is 3. The zero-order valence-electron chi connectivity index (χ0n) is 10.8. The fourth-order valence-corrected chi connectivity index (χ4v) is 1.79. The highest BCUT2D eigenvalue weighted by molar-refractivity contribution is 5.98. The summed E-state index contributed by atoms with van der Waals surface area (Å²) in [4.78, 5) is 19.0. The predicted molar refractivity (Wildman–Crippen MR) is 74.1 cm³/mol. The molecule has 0 aliphatic heterocycles. The first-order chi connectivity index (χ1) is 9.10. The van der Waals surface area contributed by atoms with Gasteiger partial charge in [-0.25, -0.2) is 4.98 Å². The van der Waals surface area contributed by atoms with Crippen molar-refractivity contribution in [3.05, 3.63) is 29.6 Å². The van der Waals surface area contributed by atoms with Crippen LogP contribution in [0.4, 0.5) is 0 Å². The fraction of sp³-hybridized carbons (Fsp3) is 0.308. The molecular formula is C13H17N5O. The first kappa shape index (κ1) is 13.1. The van der Waals surface area contributed by atoms with E-state index in [2.05, 4.69) is 15.3 Å². The number of nitrogens with one attached hydrogen (secondary N) is 3. The van der Waals surface area contributed by atoms with Crippen LogP contribution in [0.25, 0.3) is 11.0 Å². The number of nitrogens with two attached hydrogens (primary N) is 1. The molecule has 100 valence electrons. The number of carbonyl (C=O) groups is 1. The Morgan fingerprint density at radius 1 is 1.53 bits per heavy atom. The Morgan fingerprint density at radius 3 is 3.00 bits per heavy atom. The molecule has 6 heteroatoms. The summed E-state index contributed by atoms with van der Waals surface area (Å²) in [6.45, 7) is 2.68. The van der Waals surface area contributed by atoms with Gasteiger partial charge >= 0.3 is 0 Å². The summed E-state index contributed by atoms with van der Waals surface area (Å²) in [6, 6.07) is 5.29. The van der Waals surface area contributed by atoms with Gasteiger partial charge in [-0.15, -0.1) is 0 Å². The van der Waals surface area contributed by atoms with Gasteiger partial charge in [0.1, 0.15) is 11.7 Å². The Bertz CT molecular complexity index is 617. The molecule has 1 amide bonds. The summed E-state index contributed by atoms with van der Waals surface area (Å²) >= 11 is 0. The average Bonchev–Trinajstić information content (AvgIpc) is 2.77. The fourth-order valence-electron chi connectivity index (χ4n) is 1.79. The quantitative estimate of drug-likeness (QED) is 0.473. The lowest BCUT2D eigenvalue weighted by Gasteiger charge is -2.00. The van der Waals surface area contributed by atoms with E-state index in [1.54, 1.807) is 18.2 Å². The molecule has 2 aromatic rings. The number of benzene rings is 1. The number of aromatic amines is 1. The molecule has 1 aromatic carbocycles. The van der Waals surface area contributed by atoms with Crippen molar-refractivity contribution in [2.45, 2.75) is 19.8 Å². The molecule has 0 aliphatic rings. The third-order valence-electron chi connectivity index (χ3n) is 2.74. The van der Waals surface area contributed by atoms with E-state index in [4.69, 9.17) is 11.1 Å². The van der Waals surface area contributed by atoms with Crippen LogP contribution in [0.15, 0.2) is 18.2 Å². The Balaban J connectivity index is 2.17. The second-order valence-electron chi connectivity index (χ2n) is 4.36. The largest absolute Gasteiger partial charge is 0.384 e. The Labute approximate surface area is 110 Å². The highest BCUT2D eigenvalue weighted by Crippen LogP contribution is 2.13. The molecule has 2 rings (SSSR count). The van der Waals surface area contributed by atoms with Crippen molar-refractivity contribution in [1.82, 2.24) is 15.3 Å². The lowest BCUT2D eigenvalue weighted by atomic mass is 10.2. The van der Waals surface area contributed by atoms with Crippen LogP contribution in [-0.4, -0.2) is 28.3 Å². The summed E-state index contributed by atoms with van der Waals surface area (Å²) in [5.74, 6) is 0.579. The number of hydrogen-bond donors (Lipinski definition) is 4. The highest BCUT2D eigenvalue weighted by atomic mass is 16.1. The van der Waals surface area contributed by atoms with Gasteiger partial charge in [-0.05, 0) is 24.6 Å². The molecule has 0 spiro atoms. The summed E-state index contributed by atoms with van der Waals surface area (Å²) in [5, 5.41) is 10.2. The van der Waals surface area contributed by atoms with Crippen LogP contribution in [-0.2, 0) is 11.2 Å². The van der Waals surface area contributed by atoms with Gasteiger partial charge in [0.25, 0.3) is 0 Å².